The second-order valence-electron chi connectivity index (χ2n) is 3.47. The number of sulfonamides is 1. The van der Waals surface area contributed by atoms with Gasteiger partial charge in [-0.3, -0.25) is 0 Å². The highest BCUT2D eigenvalue weighted by atomic mass is 35.5. The molecule has 0 aromatic heterocycles. The van der Waals surface area contributed by atoms with Crippen molar-refractivity contribution >= 4 is 22.4 Å². The third kappa shape index (κ3) is 3.81. The van der Waals surface area contributed by atoms with E-state index in [1.807, 2.05) is 0 Å². The first-order chi connectivity index (χ1) is 5.54. The van der Waals surface area contributed by atoms with Crippen molar-refractivity contribution in [2.24, 2.45) is 16.8 Å². The fourth-order valence-electron chi connectivity index (χ4n) is 1.70. The van der Waals surface area contributed by atoms with E-state index in [9.17, 15) is 8.42 Å². The van der Waals surface area contributed by atoms with Crippen LogP contribution in [0.3, 0.4) is 0 Å². The minimum absolute atomic E-state index is 0. The van der Waals surface area contributed by atoms with Crippen molar-refractivity contribution in [3.8, 4) is 0 Å². The Kier molecular flexibility index (Phi) is 5.21. The molecule has 6 heteroatoms. The van der Waals surface area contributed by atoms with E-state index in [4.69, 9.17) is 10.9 Å². The van der Waals surface area contributed by atoms with Crippen LogP contribution in [0.15, 0.2) is 0 Å². The molecule has 0 radical (unpaired) electrons. The molecule has 4 nitrogen and oxygen atoms in total. The molecule has 0 amide bonds. The molecule has 1 aliphatic rings. The fraction of sp³-hybridized carbons (Fsp3) is 1.00. The number of primary sulfonamides is 1. The van der Waals surface area contributed by atoms with Gasteiger partial charge in [-0.25, -0.2) is 13.6 Å². The normalized spacial score (nSPS) is 29.4. The number of rotatable bonds is 2. The van der Waals surface area contributed by atoms with Crippen LogP contribution in [0.25, 0.3) is 0 Å². The summed E-state index contributed by atoms with van der Waals surface area (Å²) in [5.41, 5.74) is 5.48. The molecule has 0 saturated heterocycles. The quantitative estimate of drug-likeness (QED) is 0.709. The predicted octanol–water partition coefficient (Wildman–Crippen LogP) is 0.214. The third-order valence-corrected chi connectivity index (χ3v) is 3.99. The van der Waals surface area contributed by atoms with Gasteiger partial charge in [-0.15, -0.1) is 12.4 Å². The zero-order valence-electron chi connectivity index (χ0n) is 7.48. The van der Waals surface area contributed by atoms with Crippen LogP contribution in [0, 0.1) is 5.92 Å². The monoisotopic (exact) mass is 228 g/mol. The summed E-state index contributed by atoms with van der Waals surface area (Å²) in [6.45, 7) is 0.664. The van der Waals surface area contributed by atoms with Gasteiger partial charge in [-0.2, -0.15) is 0 Å². The summed E-state index contributed by atoms with van der Waals surface area (Å²) in [7, 11) is -3.30. The van der Waals surface area contributed by atoms with Crippen LogP contribution in [-0.2, 0) is 10.0 Å². The molecule has 1 saturated carbocycles. The lowest BCUT2D eigenvalue weighted by atomic mass is 9.89. The average molecular weight is 229 g/mol. The van der Waals surface area contributed by atoms with Crippen LogP contribution in [0.1, 0.15) is 25.7 Å². The molecule has 1 aliphatic carbocycles. The third-order valence-electron chi connectivity index (χ3n) is 2.59. The molecule has 0 aromatic carbocycles. The molecule has 80 valence electrons. The van der Waals surface area contributed by atoms with E-state index < -0.39 is 10.0 Å². The molecular weight excluding hydrogens is 212 g/mol. The molecule has 0 atom stereocenters. The van der Waals surface area contributed by atoms with E-state index in [1.165, 1.54) is 0 Å². The van der Waals surface area contributed by atoms with Crippen molar-refractivity contribution in [2.75, 3.05) is 6.54 Å². The van der Waals surface area contributed by atoms with Crippen LogP contribution in [0.2, 0.25) is 0 Å². The molecule has 4 N–H and O–H groups in total. The summed E-state index contributed by atoms with van der Waals surface area (Å²) in [5.74, 6) is 0.503. The van der Waals surface area contributed by atoms with E-state index in [2.05, 4.69) is 0 Å². The molecule has 1 fully saturated rings. The second-order valence-corrected chi connectivity index (χ2v) is 5.31. The van der Waals surface area contributed by atoms with E-state index in [0.29, 0.717) is 25.3 Å². The summed E-state index contributed by atoms with van der Waals surface area (Å²) in [6.07, 6.45) is 3.16. The standard InChI is InChI=1S/C7H16N2O2S.ClH/c8-5-6-1-3-7(4-2-6)12(9,10)11;/h6-7H,1-5,8H2,(H2,9,10,11);1H/t6-,7-;. The molecule has 13 heavy (non-hydrogen) atoms. The molecule has 1 rings (SSSR count). The van der Waals surface area contributed by atoms with Crippen LogP contribution < -0.4 is 10.9 Å². The van der Waals surface area contributed by atoms with Crippen molar-refractivity contribution in [2.45, 2.75) is 30.9 Å². The highest BCUT2D eigenvalue weighted by Crippen LogP contribution is 2.26. The second kappa shape index (κ2) is 5.14. The van der Waals surface area contributed by atoms with Gasteiger partial charge < -0.3 is 5.73 Å². The maximum absolute atomic E-state index is 10.9. The summed E-state index contributed by atoms with van der Waals surface area (Å²) in [6, 6.07) is 0. The van der Waals surface area contributed by atoms with Gasteiger partial charge in [0.1, 0.15) is 0 Å². The summed E-state index contributed by atoms with van der Waals surface area (Å²) in [5, 5.41) is 4.72. The van der Waals surface area contributed by atoms with Gasteiger partial charge in [-0.1, -0.05) is 0 Å². The number of hydrogen-bond acceptors (Lipinski definition) is 3. The Balaban J connectivity index is 0.00000144. The highest BCUT2D eigenvalue weighted by Gasteiger charge is 2.27. The lowest BCUT2D eigenvalue weighted by molar-refractivity contribution is 0.364. The molecule has 0 heterocycles. The lowest BCUT2D eigenvalue weighted by Gasteiger charge is -2.25. The van der Waals surface area contributed by atoms with Crippen molar-refractivity contribution < 1.29 is 8.42 Å². The minimum atomic E-state index is -3.30. The Labute approximate surface area is 85.5 Å². The molecule has 0 aliphatic heterocycles. The first-order valence-electron chi connectivity index (χ1n) is 4.25. The van der Waals surface area contributed by atoms with Crippen molar-refractivity contribution in [1.82, 2.24) is 0 Å². The molecule has 0 aromatic rings. The number of hydrogen-bond donors (Lipinski definition) is 2. The Bertz CT molecular complexity index is 235. The molecule has 0 unspecified atom stereocenters. The van der Waals surface area contributed by atoms with Crippen molar-refractivity contribution in [1.29, 1.82) is 0 Å². The van der Waals surface area contributed by atoms with Gasteiger partial charge in [0.2, 0.25) is 10.0 Å². The fourth-order valence-corrected chi connectivity index (χ4v) is 2.63. The molecule has 0 bridgehead atoms. The van der Waals surface area contributed by atoms with E-state index in [1.54, 1.807) is 0 Å². The first kappa shape index (κ1) is 13.2. The number of nitrogens with two attached hydrogens (primary N) is 2. The largest absolute Gasteiger partial charge is 0.330 e. The smallest absolute Gasteiger partial charge is 0.211 e. The summed E-state index contributed by atoms with van der Waals surface area (Å²) in [4.78, 5) is 0. The van der Waals surface area contributed by atoms with Gasteiger partial charge in [-0.05, 0) is 38.1 Å². The van der Waals surface area contributed by atoms with E-state index in [0.717, 1.165) is 12.8 Å². The summed E-state index contributed by atoms with van der Waals surface area (Å²) < 4.78 is 21.9. The van der Waals surface area contributed by atoms with E-state index in [-0.39, 0.29) is 17.7 Å². The Morgan fingerprint density at radius 1 is 1.15 bits per heavy atom. The van der Waals surface area contributed by atoms with Crippen LogP contribution >= 0.6 is 12.4 Å². The van der Waals surface area contributed by atoms with Gasteiger partial charge in [0.15, 0.2) is 0 Å². The lowest BCUT2D eigenvalue weighted by Crippen LogP contribution is -2.33. The summed E-state index contributed by atoms with van der Waals surface area (Å²) >= 11 is 0. The SMILES string of the molecule is Cl.NC[C@H]1CC[C@H](S(N)(=O)=O)CC1. The zero-order chi connectivity index (χ0) is 9.19. The Morgan fingerprint density at radius 2 is 1.62 bits per heavy atom. The predicted molar refractivity (Wildman–Crippen MR) is 55.2 cm³/mol. The van der Waals surface area contributed by atoms with Crippen LogP contribution in [0.4, 0.5) is 0 Å². The number of halogens is 1. The maximum atomic E-state index is 10.9. The Morgan fingerprint density at radius 3 is 1.92 bits per heavy atom. The first-order valence-corrected chi connectivity index (χ1v) is 5.86. The maximum Gasteiger partial charge on any atom is 0.211 e. The van der Waals surface area contributed by atoms with Gasteiger partial charge in [0.05, 0.1) is 5.25 Å². The van der Waals surface area contributed by atoms with Gasteiger partial charge in [0, 0.05) is 0 Å². The van der Waals surface area contributed by atoms with Crippen molar-refractivity contribution in [3.63, 3.8) is 0 Å². The zero-order valence-corrected chi connectivity index (χ0v) is 9.11. The molecular formula is C7H17ClN2O2S. The van der Waals surface area contributed by atoms with E-state index >= 15 is 0 Å². The van der Waals surface area contributed by atoms with Crippen molar-refractivity contribution in [3.05, 3.63) is 0 Å². The van der Waals surface area contributed by atoms with Crippen LogP contribution in [0.5, 0.6) is 0 Å². The average Bonchev–Trinajstić information content (AvgIpc) is 2.03. The van der Waals surface area contributed by atoms with Gasteiger partial charge >= 0.3 is 0 Å². The minimum Gasteiger partial charge on any atom is -0.330 e. The van der Waals surface area contributed by atoms with Gasteiger partial charge in [0.25, 0.3) is 0 Å². The van der Waals surface area contributed by atoms with Crippen LogP contribution in [-0.4, -0.2) is 20.2 Å². The Hall–Kier alpha value is 0.160. The highest BCUT2D eigenvalue weighted by molar-refractivity contribution is 7.89. The molecule has 0 spiro atoms. The topological polar surface area (TPSA) is 86.2 Å².